The number of rotatable bonds is 0. The molecular formula is C20H34O3. The van der Waals surface area contributed by atoms with E-state index in [0.29, 0.717) is 11.8 Å². The maximum absolute atomic E-state index is 11.2. The molecule has 4 aliphatic carbocycles. The van der Waals surface area contributed by atoms with Crippen LogP contribution >= 0.6 is 0 Å². The van der Waals surface area contributed by atoms with Crippen molar-refractivity contribution in [2.24, 2.45) is 34.0 Å². The summed E-state index contributed by atoms with van der Waals surface area (Å²) in [7, 11) is 0. The molecule has 0 aliphatic heterocycles. The molecule has 132 valence electrons. The molecule has 0 saturated heterocycles. The molecule has 3 heteroatoms. The predicted molar refractivity (Wildman–Crippen MR) is 89.7 cm³/mol. The molecule has 4 aliphatic rings. The van der Waals surface area contributed by atoms with Gasteiger partial charge in [0.05, 0.1) is 17.8 Å². The molecular weight excluding hydrogens is 288 g/mol. The Hall–Kier alpha value is -0.120. The average Bonchev–Trinajstić information content (AvgIpc) is 2.51. The van der Waals surface area contributed by atoms with Crippen LogP contribution in [0.2, 0.25) is 0 Å². The molecule has 0 aromatic rings. The van der Waals surface area contributed by atoms with Crippen LogP contribution in [0.1, 0.15) is 72.6 Å². The normalized spacial score (nSPS) is 60.9. The van der Waals surface area contributed by atoms with Crippen LogP contribution in [0, 0.1) is 34.0 Å². The van der Waals surface area contributed by atoms with Crippen LogP contribution in [0.4, 0.5) is 0 Å². The van der Waals surface area contributed by atoms with Gasteiger partial charge in [-0.2, -0.15) is 0 Å². The van der Waals surface area contributed by atoms with Gasteiger partial charge in [0.1, 0.15) is 0 Å². The molecule has 4 fully saturated rings. The van der Waals surface area contributed by atoms with Crippen molar-refractivity contribution in [1.29, 1.82) is 0 Å². The zero-order chi connectivity index (χ0) is 16.8. The Bertz CT molecular complexity index is 513. The van der Waals surface area contributed by atoms with Crippen LogP contribution in [-0.2, 0) is 0 Å². The number of aliphatic hydroxyl groups excluding tert-OH is 2. The molecule has 0 aromatic heterocycles. The molecule has 1 spiro atoms. The van der Waals surface area contributed by atoms with Crippen molar-refractivity contribution >= 4 is 0 Å². The summed E-state index contributed by atoms with van der Waals surface area (Å²) < 4.78 is 0. The lowest BCUT2D eigenvalue weighted by Gasteiger charge is -2.66. The molecule has 0 amide bonds. The Morgan fingerprint density at radius 3 is 2.26 bits per heavy atom. The number of hydrogen-bond donors (Lipinski definition) is 3. The SMILES string of the molecule is CC1(C)C[C@@H](O)C[C@@]2(C)[C@H]1[C@H](O)C[C@]13C[C@H](CC[C@@H]12)[C@](C)(O)C3. The standard InChI is InChI=1S/C20H34O3/c1-17(2)8-13(21)9-18(3)15-6-5-12-7-20(15,11-19(12,4)23)10-14(22)16(17)18/h12-16,21-23H,5-11H2,1-4H3/t12-,13+,14+,15+,16-,18+,19+,20-/m0/s1. The van der Waals surface area contributed by atoms with Crippen molar-refractivity contribution in [3.8, 4) is 0 Å². The van der Waals surface area contributed by atoms with E-state index in [1.807, 2.05) is 6.92 Å². The Morgan fingerprint density at radius 2 is 1.57 bits per heavy atom. The summed E-state index contributed by atoms with van der Waals surface area (Å²) in [5.74, 6) is 1.19. The lowest BCUT2D eigenvalue weighted by Crippen LogP contribution is -2.63. The third-order valence-electron chi connectivity index (χ3n) is 8.57. The molecule has 4 saturated carbocycles. The van der Waals surface area contributed by atoms with E-state index in [1.165, 1.54) is 0 Å². The Balaban J connectivity index is 1.79. The van der Waals surface area contributed by atoms with Crippen molar-refractivity contribution in [1.82, 2.24) is 0 Å². The second-order valence-electron chi connectivity index (χ2n) is 10.7. The first-order chi connectivity index (χ1) is 10.5. The third kappa shape index (κ3) is 2.05. The molecule has 3 N–H and O–H groups in total. The highest BCUT2D eigenvalue weighted by Gasteiger charge is 2.69. The number of hydrogen-bond acceptors (Lipinski definition) is 3. The summed E-state index contributed by atoms with van der Waals surface area (Å²) in [5.41, 5.74) is -0.514. The van der Waals surface area contributed by atoms with Gasteiger partial charge in [0, 0.05) is 0 Å². The van der Waals surface area contributed by atoms with E-state index in [1.54, 1.807) is 0 Å². The summed E-state index contributed by atoms with van der Waals surface area (Å²) in [6, 6.07) is 0. The van der Waals surface area contributed by atoms with Crippen LogP contribution in [0.15, 0.2) is 0 Å². The summed E-state index contributed by atoms with van der Waals surface area (Å²) >= 11 is 0. The van der Waals surface area contributed by atoms with Gasteiger partial charge in [0.25, 0.3) is 0 Å². The highest BCUT2D eigenvalue weighted by molar-refractivity contribution is 5.18. The number of aliphatic hydroxyl groups is 3. The molecule has 4 rings (SSSR count). The largest absolute Gasteiger partial charge is 0.393 e. The van der Waals surface area contributed by atoms with Gasteiger partial charge in [-0.25, -0.2) is 0 Å². The van der Waals surface area contributed by atoms with E-state index < -0.39 is 5.60 Å². The van der Waals surface area contributed by atoms with Crippen LogP contribution in [0.25, 0.3) is 0 Å². The van der Waals surface area contributed by atoms with Gasteiger partial charge in [0.2, 0.25) is 0 Å². The van der Waals surface area contributed by atoms with E-state index in [-0.39, 0.29) is 34.4 Å². The molecule has 23 heavy (non-hydrogen) atoms. The fourth-order valence-electron chi connectivity index (χ4n) is 8.51. The van der Waals surface area contributed by atoms with Crippen molar-refractivity contribution in [2.45, 2.75) is 90.4 Å². The Morgan fingerprint density at radius 1 is 0.870 bits per heavy atom. The lowest BCUT2D eigenvalue weighted by atomic mass is 9.40. The summed E-state index contributed by atoms with van der Waals surface area (Å²) in [4.78, 5) is 0. The van der Waals surface area contributed by atoms with Crippen LogP contribution in [0.3, 0.4) is 0 Å². The molecule has 0 radical (unpaired) electrons. The van der Waals surface area contributed by atoms with Gasteiger partial charge in [0.15, 0.2) is 0 Å². The quantitative estimate of drug-likeness (QED) is 0.642. The van der Waals surface area contributed by atoms with Gasteiger partial charge in [-0.05, 0) is 85.9 Å². The van der Waals surface area contributed by atoms with E-state index in [2.05, 4.69) is 20.8 Å². The van der Waals surface area contributed by atoms with Gasteiger partial charge in [-0.1, -0.05) is 20.8 Å². The van der Waals surface area contributed by atoms with Crippen molar-refractivity contribution in [2.75, 3.05) is 0 Å². The van der Waals surface area contributed by atoms with Crippen LogP contribution in [0.5, 0.6) is 0 Å². The minimum absolute atomic E-state index is 0.00970. The van der Waals surface area contributed by atoms with Gasteiger partial charge in [-0.3, -0.25) is 0 Å². The van der Waals surface area contributed by atoms with E-state index in [9.17, 15) is 15.3 Å². The van der Waals surface area contributed by atoms with Crippen molar-refractivity contribution in [3.63, 3.8) is 0 Å². The first kappa shape index (κ1) is 16.4. The van der Waals surface area contributed by atoms with Crippen LogP contribution < -0.4 is 0 Å². The van der Waals surface area contributed by atoms with Crippen molar-refractivity contribution in [3.05, 3.63) is 0 Å². The molecule has 0 heterocycles. The fraction of sp³-hybridized carbons (Fsp3) is 1.00. The summed E-state index contributed by atoms with van der Waals surface area (Å²) in [5, 5.41) is 32.6. The number of fused-ring (bicyclic) bond motifs is 3. The van der Waals surface area contributed by atoms with E-state index in [0.717, 1.165) is 44.9 Å². The monoisotopic (exact) mass is 322 g/mol. The van der Waals surface area contributed by atoms with Gasteiger partial charge in [-0.15, -0.1) is 0 Å². The van der Waals surface area contributed by atoms with Gasteiger partial charge >= 0.3 is 0 Å². The predicted octanol–water partition coefficient (Wildman–Crippen LogP) is 3.11. The van der Waals surface area contributed by atoms with E-state index in [4.69, 9.17) is 0 Å². The first-order valence-corrected chi connectivity index (χ1v) is 9.59. The molecule has 8 atom stereocenters. The third-order valence-corrected chi connectivity index (χ3v) is 8.57. The topological polar surface area (TPSA) is 60.7 Å². The first-order valence-electron chi connectivity index (χ1n) is 9.59. The van der Waals surface area contributed by atoms with E-state index >= 15 is 0 Å². The highest BCUT2D eigenvalue weighted by Crippen LogP contribution is 2.72. The Labute approximate surface area is 140 Å². The second kappa shape index (κ2) is 4.53. The summed E-state index contributed by atoms with van der Waals surface area (Å²) in [6.07, 6.45) is 6.08. The molecule has 3 nitrogen and oxygen atoms in total. The highest BCUT2D eigenvalue weighted by atomic mass is 16.3. The smallest absolute Gasteiger partial charge is 0.0653 e. The fourth-order valence-corrected chi connectivity index (χ4v) is 8.51. The minimum Gasteiger partial charge on any atom is -0.393 e. The molecule has 0 aromatic carbocycles. The van der Waals surface area contributed by atoms with Crippen molar-refractivity contribution < 1.29 is 15.3 Å². The zero-order valence-electron chi connectivity index (χ0n) is 15.2. The minimum atomic E-state index is -0.569. The maximum Gasteiger partial charge on any atom is 0.0653 e. The molecule has 0 unspecified atom stereocenters. The average molecular weight is 322 g/mol. The molecule has 2 bridgehead atoms. The zero-order valence-corrected chi connectivity index (χ0v) is 15.2. The van der Waals surface area contributed by atoms with Gasteiger partial charge < -0.3 is 15.3 Å². The second-order valence-corrected chi connectivity index (χ2v) is 10.7. The maximum atomic E-state index is 11.2. The van der Waals surface area contributed by atoms with Crippen LogP contribution in [-0.4, -0.2) is 33.1 Å². The Kier molecular flexibility index (Phi) is 3.22. The summed E-state index contributed by atoms with van der Waals surface area (Å²) in [6.45, 7) is 8.81. The lowest BCUT2D eigenvalue weighted by molar-refractivity contribution is -0.216.